The standard InChI is InChI=1S/C7H8ClN3O/c1-12-7-4-11-6(9-7)3-2-5(8)10-11/h2-3,7H,4H2,1H3/t7-/m1/s1. The second-order valence-corrected chi connectivity index (χ2v) is 2.90. The number of allylic oxidation sites excluding steroid dienone is 1. The van der Waals surface area contributed by atoms with Gasteiger partial charge in [-0.15, -0.1) is 0 Å². The van der Waals surface area contributed by atoms with Crippen molar-refractivity contribution < 1.29 is 4.74 Å². The van der Waals surface area contributed by atoms with Crippen LogP contribution in [0.4, 0.5) is 0 Å². The molecular weight excluding hydrogens is 178 g/mol. The van der Waals surface area contributed by atoms with Crippen molar-refractivity contribution in [3.05, 3.63) is 12.2 Å². The average Bonchev–Trinajstić information content (AvgIpc) is 2.46. The molecule has 12 heavy (non-hydrogen) atoms. The molecule has 0 radical (unpaired) electrons. The molecule has 0 bridgehead atoms. The van der Waals surface area contributed by atoms with E-state index in [1.165, 1.54) is 0 Å². The normalized spacial score (nSPS) is 26.8. The molecule has 0 amide bonds. The Hall–Kier alpha value is -0.870. The monoisotopic (exact) mass is 185 g/mol. The number of methoxy groups -OCH3 is 1. The number of ether oxygens (including phenoxy) is 1. The Morgan fingerprint density at radius 3 is 3.25 bits per heavy atom. The van der Waals surface area contributed by atoms with Crippen molar-refractivity contribution in [3.8, 4) is 0 Å². The lowest BCUT2D eigenvalue weighted by molar-refractivity contribution is 0.105. The molecule has 0 unspecified atom stereocenters. The van der Waals surface area contributed by atoms with Crippen LogP contribution in [0.15, 0.2) is 22.2 Å². The number of hydrazone groups is 1. The summed E-state index contributed by atoms with van der Waals surface area (Å²) in [6, 6.07) is 0. The van der Waals surface area contributed by atoms with Crippen LogP contribution in [0, 0.1) is 0 Å². The van der Waals surface area contributed by atoms with Crippen molar-refractivity contribution in [2.45, 2.75) is 6.23 Å². The van der Waals surface area contributed by atoms with Gasteiger partial charge in [-0.1, -0.05) is 11.6 Å². The number of amidine groups is 1. The molecule has 0 aromatic carbocycles. The fourth-order valence-corrected chi connectivity index (χ4v) is 1.29. The first-order valence-electron chi connectivity index (χ1n) is 3.60. The summed E-state index contributed by atoms with van der Waals surface area (Å²) in [7, 11) is 1.63. The molecule has 0 spiro atoms. The van der Waals surface area contributed by atoms with Crippen LogP contribution >= 0.6 is 11.6 Å². The first kappa shape index (κ1) is 7.76. The zero-order valence-electron chi connectivity index (χ0n) is 6.57. The van der Waals surface area contributed by atoms with E-state index in [2.05, 4.69) is 10.1 Å². The summed E-state index contributed by atoms with van der Waals surface area (Å²) in [4.78, 5) is 4.23. The lowest BCUT2D eigenvalue weighted by Gasteiger charge is -2.14. The number of nitrogens with zero attached hydrogens (tertiary/aromatic N) is 3. The third kappa shape index (κ3) is 1.23. The van der Waals surface area contributed by atoms with Gasteiger partial charge in [-0.25, -0.2) is 10.0 Å². The fourth-order valence-electron chi connectivity index (χ4n) is 1.14. The predicted octanol–water partition coefficient (Wildman–Crippen LogP) is 0.795. The van der Waals surface area contributed by atoms with Crippen molar-refractivity contribution in [1.82, 2.24) is 5.01 Å². The van der Waals surface area contributed by atoms with Crippen LogP contribution in [0.1, 0.15) is 0 Å². The third-order valence-electron chi connectivity index (χ3n) is 1.73. The summed E-state index contributed by atoms with van der Waals surface area (Å²) in [5.74, 6) is 0.811. The molecule has 2 aliphatic rings. The third-order valence-corrected chi connectivity index (χ3v) is 1.93. The highest BCUT2D eigenvalue weighted by molar-refractivity contribution is 6.68. The maximum Gasteiger partial charge on any atom is 0.169 e. The van der Waals surface area contributed by atoms with E-state index >= 15 is 0 Å². The first-order chi connectivity index (χ1) is 5.79. The van der Waals surface area contributed by atoms with E-state index in [9.17, 15) is 0 Å². The molecule has 0 fully saturated rings. The van der Waals surface area contributed by atoms with Gasteiger partial charge in [0.15, 0.2) is 6.23 Å². The van der Waals surface area contributed by atoms with Gasteiger partial charge in [-0.2, -0.15) is 5.10 Å². The topological polar surface area (TPSA) is 37.2 Å². The van der Waals surface area contributed by atoms with Crippen LogP contribution in [0.5, 0.6) is 0 Å². The molecule has 0 aromatic heterocycles. The SMILES string of the molecule is CO[C@@H]1CN2N=C(Cl)C=CC2=N1. The highest BCUT2D eigenvalue weighted by atomic mass is 35.5. The van der Waals surface area contributed by atoms with Crippen molar-refractivity contribution in [3.63, 3.8) is 0 Å². The second kappa shape index (κ2) is 2.88. The molecule has 0 aliphatic carbocycles. The minimum atomic E-state index is -0.115. The van der Waals surface area contributed by atoms with E-state index < -0.39 is 0 Å². The van der Waals surface area contributed by atoms with Gasteiger partial charge in [0.2, 0.25) is 0 Å². The summed E-state index contributed by atoms with van der Waals surface area (Å²) in [6.07, 6.45) is 3.43. The molecule has 2 rings (SSSR count). The second-order valence-electron chi connectivity index (χ2n) is 2.52. The Labute approximate surface area is 75.2 Å². The largest absolute Gasteiger partial charge is 0.358 e. The van der Waals surface area contributed by atoms with E-state index in [4.69, 9.17) is 16.3 Å². The van der Waals surface area contributed by atoms with Crippen LogP contribution in [-0.2, 0) is 4.74 Å². The maximum atomic E-state index is 5.70. The summed E-state index contributed by atoms with van der Waals surface area (Å²) < 4.78 is 5.06. The lowest BCUT2D eigenvalue weighted by atomic mass is 10.4. The van der Waals surface area contributed by atoms with Crippen molar-refractivity contribution >= 4 is 22.6 Å². The fraction of sp³-hybridized carbons (Fsp3) is 0.429. The van der Waals surface area contributed by atoms with Crippen molar-refractivity contribution in [1.29, 1.82) is 0 Å². The first-order valence-corrected chi connectivity index (χ1v) is 3.98. The van der Waals surface area contributed by atoms with E-state index in [1.807, 2.05) is 6.08 Å². The number of hydrogen-bond donors (Lipinski definition) is 0. The van der Waals surface area contributed by atoms with E-state index in [0.717, 1.165) is 5.84 Å². The molecule has 5 heteroatoms. The molecule has 0 saturated carbocycles. The van der Waals surface area contributed by atoms with Gasteiger partial charge >= 0.3 is 0 Å². The van der Waals surface area contributed by atoms with Crippen molar-refractivity contribution in [2.24, 2.45) is 10.1 Å². The average molecular weight is 186 g/mol. The number of hydrogen-bond acceptors (Lipinski definition) is 4. The van der Waals surface area contributed by atoms with Crippen LogP contribution < -0.4 is 0 Å². The molecule has 64 valence electrons. The molecule has 0 aromatic rings. The number of fused-ring (bicyclic) bond motifs is 1. The molecular formula is C7H8ClN3O. The smallest absolute Gasteiger partial charge is 0.169 e. The van der Waals surface area contributed by atoms with Gasteiger partial charge in [0, 0.05) is 7.11 Å². The summed E-state index contributed by atoms with van der Waals surface area (Å²) in [6.45, 7) is 0.645. The van der Waals surface area contributed by atoms with E-state index in [-0.39, 0.29) is 6.23 Å². The Bertz CT molecular complexity index is 284. The Kier molecular flexibility index (Phi) is 1.86. The summed E-state index contributed by atoms with van der Waals surface area (Å²) in [5.41, 5.74) is 0. The Morgan fingerprint density at radius 2 is 2.50 bits per heavy atom. The van der Waals surface area contributed by atoms with Crippen molar-refractivity contribution in [2.75, 3.05) is 13.7 Å². The molecule has 0 N–H and O–H groups in total. The highest BCUT2D eigenvalue weighted by Gasteiger charge is 2.24. The summed E-state index contributed by atoms with van der Waals surface area (Å²) in [5, 5.41) is 6.27. The maximum absolute atomic E-state index is 5.70. The van der Waals surface area contributed by atoms with Gasteiger partial charge in [0.1, 0.15) is 11.0 Å². The highest BCUT2D eigenvalue weighted by Crippen LogP contribution is 2.15. The van der Waals surface area contributed by atoms with E-state index in [0.29, 0.717) is 11.7 Å². The number of rotatable bonds is 1. The molecule has 2 aliphatic heterocycles. The van der Waals surface area contributed by atoms with Gasteiger partial charge < -0.3 is 4.74 Å². The van der Waals surface area contributed by atoms with Gasteiger partial charge in [-0.05, 0) is 12.2 Å². The Balaban J connectivity index is 2.20. The molecule has 2 heterocycles. The van der Waals surface area contributed by atoms with Crippen LogP contribution in [-0.4, -0.2) is 35.9 Å². The van der Waals surface area contributed by atoms with Crippen LogP contribution in [0.3, 0.4) is 0 Å². The zero-order valence-corrected chi connectivity index (χ0v) is 7.32. The number of aliphatic imine (C=N–C) groups is 1. The van der Waals surface area contributed by atoms with Gasteiger partial charge in [-0.3, -0.25) is 0 Å². The zero-order chi connectivity index (χ0) is 8.55. The van der Waals surface area contributed by atoms with Crippen LogP contribution in [0.2, 0.25) is 0 Å². The van der Waals surface area contributed by atoms with Crippen LogP contribution in [0.25, 0.3) is 0 Å². The minimum Gasteiger partial charge on any atom is -0.358 e. The molecule has 0 saturated heterocycles. The summed E-state index contributed by atoms with van der Waals surface area (Å²) >= 11 is 5.70. The molecule has 1 atom stereocenters. The van der Waals surface area contributed by atoms with E-state index in [1.54, 1.807) is 18.2 Å². The van der Waals surface area contributed by atoms with Gasteiger partial charge in [0.05, 0.1) is 6.54 Å². The van der Waals surface area contributed by atoms with Gasteiger partial charge in [0.25, 0.3) is 0 Å². The predicted molar refractivity (Wildman–Crippen MR) is 47.4 cm³/mol. The minimum absolute atomic E-state index is 0.115. The lowest BCUT2D eigenvalue weighted by Crippen LogP contribution is -2.26. The Morgan fingerprint density at radius 1 is 1.67 bits per heavy atom. The quantitative estimate of drug-likeness (QED) is 0.606. The molecule has 4 nitrogen and oxygen atoms in total. The number of halogens is 1.